The van der Waals surface area contributed by atoms with Crippen molar-refractivity contribution in [3.8, 4) is 22.6 Å². The number of aromatic hydroxyl groups is 2. The van der Waals surface area contributed by atoms with Crippen molar-refractivity contribution >= 4 is 12.1 Å². The number of aryl methyl sites for hydroxylation is 2. The van der Waals surface area contributed by atoms with Crippen LogP contribution in [0.25, 0.3) is 11.1 Å². The summed E-state index contributed by atoms with van der Waals surface area (Å²) in [5.74, 6) is 0.513. The molecule has 0 radical (unpaired) electrons. The van der Waals surface area contributed by atoms with E-state index >= 15 is 0 Å². The third kappa shape index (κ3) is 7.06. The molecule has 2 fully saturated rings. The van der Waals surface area contributed by atoms with Crippen LogP contribution in [0.3, 0.4) is 0 Å². The SMILES string of the molecule is COCN1C(=O)N(COC)C2C1N(COC)C(=O)N2COC.COCc1cc(C2(c3cc(C)c(O)c(COC)c3)c3ccccc3-c3ccccc32)cc(C)c1O. The van der Waals surface area contributed by atoms with Crippen molar-refractivity contribution in [3.63, 3.8) is 0 Å². The number of ether oxygens (including phenoxy) is 6. The molecule has 0 aromatic heterocycles. The van der Waals surface area contributed by atoms with Crippen LogP contribution in [0, 0.1) is 13.8 Å². The minimum absolute atomic E-state index is 0.0640. The van der Waals surface area contributed by atoms with Crippen LogP contribution in [-0.2, 0) is 47.0 Å². The molecular weight excluding hydrogens is 732 g/mol. The van der Waals surface area contributed by atoms with Crippen LogP contribution in [-0.4, -0.2) is 124 Å². The summed E-state index contributed by atoms with van der Waals surface area (Å²) in [4.78, 5) is 31.0. The van der Waals surface area contributed by atoms with E-state index in [2.05, 4.69) is 72.8 Å². The second kappa shape index (κ2) is 17.5. The monoisotopic (exact) mass is 784 g/mol. The van der Waals surface area contributed by atoms with Gasteiger partial charge in [-0.2, -0.15) is 0 Å². The lowest BCUT2D eigenvalue weighted by Crippen LogP contribution is -2.48. The molecule has 4 amide bonds. The second-order valence-corrected chi connectivity index (χ2v) is 14.3. The van der Waals surface area contributed by atoms with Gasteiger partial charge in [0.15, 0.2) is 12.3 Å². The zero-order valence-corrected chi connectivity index (χ0v) is 33.8. The maximum atomic E-state index is 12.6. The second-order valence-electron chi connectivity index (χ2n) is 14.3. The number of fused-ring (bicyclic) bond motifs is 4. The Morgan fingerprint density at radius 3 is 1.18 bits per heavy atom. The van der Waals surface area contributed by atoms with Gasteiger partial charge in [-0.05, 0) is 70.5 Å². The fourth-order valence-electron chi connectivity index (χ4n) is 8.54. The highest BCUT2D eigenvalue weighted by molar-refractivity contribution is 5.87. The maximum Gasteiger partial charge on any atom is 0.327 e. The number of hydrogen-bond donors (Lipinski definition) is 2. The summed E-state index contributed by atoms with van der Waals surface area (Å²) in [7, 11) is 9.24. The van der Waals surface area contributed by atoms with Crippen molar-refractivity contribution in [2.24, 2.45) is 0 Å². The third-order valence-corrected chi connectivity index (χ3v) is 10.8. The summed E-state index contributed by atoms with van der Waals surface area (Å²) < 4.78 is 31.3. The first kappa shape index (κ1) is 41.4. The standard InChI is InChI=1S/C31H30O4.C12H22N4O6/c1-19-13-23(15-21(17-34-3)29(19)32)31(24-14-20(2)30(33)22(16-24)18-35-4)27-11-7-5-9-25(27)26-10-6-8-12-28(26)31;1-19-5-13-9-10(15(7-21-3)11(13)17)16(8-22-4)12(18)14(9)6-20-2/h5-16,32-33H,17-18H2,1-4H3;9-10H,5-8H2,1-4H3. The number of benzene rings is 4. The number of amides is 4. The summed E-state index contributed by atoms with van der Waals surface area (Å²) >= 11 is 0. The van der Waals surface area contributed by atoms with Crippen LogP contribution >= 0.6 is 0 Å². The molecule has 57 heavy (non-hydrogen) atoms. The molecular formula is C43H52N4O10. The van der Waals surface area contributed by atoms with Crippen molar-refractivity contribution in [2.75, 3.05) is 69.6 Å². The predicted molar refractivity (Wildman–Crippen MR) is 211 cm³/mol. The summed E-state index contributed by atoms with van der Waals surface area (Å²) in [6.07, 6.45) is -1.05. The summed E-state index contributed by atoms with van der Waals surface area (Å²) in [5.41, 5.74) is 9.24. The molecule has 2 aliphatic heterocycles. The van der Waals surface area contributed by atoms with Crippen molar-refractivity contribution in [1.82, 2.24) is 19.6 Å². The summed E-state index contributed by atoms with van der Waals surface area (Å²) in [5, 5.41) is 21.6. The lowest BCUT2D eigenvalue weighted by atomic mass is 9.66. The molecule has 0 spiro atoms. The quantitative estimate of drug-likeness (QED) is 0.140. The van der Waals surface area contributed by atoms with Gasteiger partial charge in [0.05, 0.1) is 18.6 Å². The lowest BCUT2D eigenvalue weighted by molar-refractivity contribution is -0.0135. The average molecular weight is 785 g/mol. The zero-order chi connectivity index (χ0) is 41.0. The molecule has 2 saturated heterocycles. The first-order valence-corrected chi connectivity index (χ1v) is 18.5. The number of rotatable bonds is 14. The molecule has 2 N–H and O–H groups in total. The Morgan fingerprint density at radius 2 is 0.860 bits per heavy atom. The molecule has 304 valence electrons. The fraction of sp³-hybridized carbons (Fsp3) is 0.395. The summed E-state index contributed by atoms with van der Waals surface area (Å²) in [6.45, 7) is 4.73. The van der Waals surface area contributed by atoms with Gasteiger partial charge in [0.2, 0.25) is 0 Å². The van der Waals surface area contributed by atoms with E-state index in [0.717, 1.165) is 33.4 Å². The van der Waals surface area contributed by atoms with E-state index in [1.54, 1.807) is 14.2 Å². The number of carbonyl (C=O) groups excluding carboxylic acids is 2. The Kier molecular flexibility index (Phi) is 12.7. The molecule has 0 unspecified atom stereocenters. The highest BCUT2D eigenvalue weighted by atomic mass is 16.5. The van der Waals surface area contributed by atoms with Gasteiger partial charge in [0.1, 0.15) is 38.4 Å². The molecule has 4 aromatic carbocycles. The minimum atomic E-state index is -0.644. The largest absolute Gasteiger partial charge is 0.507 e. The number of methoxy groups -OCH3 is 6. The van der Waals surface area contributed by atoms with Gasteiger partial charge < -0.3 is 38.6 Å². The van der Waals surface area contributed by atoms with E-state index in [1.165, 1.54) is 70.3 Å². The van der Waals surface area contributed by atoms with Crippen LogP contribution in [0.5, 0.6) is 11.5 Å². The van der Waals surface area contributed by atoms with Crippen molar-refractivity contribution in [3.05, 3.63) is 117 Å². The molecule has 0 saturated carbocycles. The lowest BCUT2D eigenvalue weighted by Gasteiger charge is -2.35. The highest BCUT2D eigenvalue weighted by Crippen LogP contribution is 2.57. The summed E-state index contributed by atoms with van der Waals surface area (Å²) in [6, 6.07) is 24.7. The predicted octanol–water partition coefficient (Wildman–Crippen LogP) is 5.90. The Morgan fingerprint density at radius 1 is 0.526 bits per heavy atom. The molecule has 4 aromatic rings. The maximum absolute atomic E-state index is 12.6. The van der Waals surface area contributed by atoms with Crippen LogP contribution < -0.4 is 0 Å². The van der Waals surface area contributed by atoms with Crippen LogP contribution in [0.1, 0.15) is 44.5 Å². The van der Waals surface area contributed by atoms with Gasteiger partial charge in [0, 0.05) is 53.8 Å². The number of hydrogen-bond acceptors (Lipinski definition) is 10. The highest BCUT2D eigenvalue weighted by Gasteiger charge is 2.59. The number of carbonyl (C=O) groups is 2. The van der Waals surface area contributed by atoms with Gasteiger partial charge in [-0.3, -0.25) is 19.6 Å². The first-order valence-electron chi connectivity index (χ1n) is 18.5. The van der Waals surface area contributed by atoms with Gasteiger partial charge >= 0.3 is 12.1 Å². The molecule has 2 heterocycles. The Labute approximate surface area is 333 Å². The first-order chi connectivity index (χ1) is 27.5. The van der Waals surface area contributed by atoms with Crippen molar-refractivity contribution in [2.45, 2.75) is 44.8 Å². The van der Waals surface area contributed by atoms with Crippen LogP contribution in [0.2, 0.25) is 0 Å². The van der Waals surface area contributed by atoms with Crippen LogP contribution in [0.4, 0.5) is 9.59 Å². The number of urea groups is 2. The number of phenols is 2. The molecule has 0 bridgehead atoms. The zero-order valence-electron chi connectivity index (χ0n) is 33.8. The third-order valence-electron chi connectivity index (χ3n) is 10.8. The molecule has 3 aliphatic rings. The smallest absolute Gasteiger partial charge is 0.327 e. The Bertz CT molecular complexity index is 1910. The molecule has 14 heteroatoms. The molecule has 14 nitrogen and oxygen atoms in total. The Balaban J connectivity index is 0.000000215. The molecule has 0 atom stereocenters. The normalized spacial score (nSPS) is 17.8. The van der Waals surface area contributed by atoms with E-state index < -0.39 is 17.7 Å². The molecule has 7 rings (SSSR count). The van der Waals surface area contributed by atoms with E-state index in [-0.39, 0.29) is 50.5 Å². The van der Waals surface area contributed by atoms with E-state index in [9.17, 15) is 19.8 Å². The van der Waals surface area contributed by atoms with E-state index in [0.29, 0.717) is 13.2 Å². The topological polar surface area (TPSA) is 143 Å². The average Bonchev–Trinajstić information content (AvgIpc) is 3.76. The number of phenolic OH excluding ortho intramolecular Hbond substituents is 2. The van der Waals surface area contributed by atoms with E-state index in [1.807, 2.05) is 13.8 Å². The van der Waals surface area contributed by atoms with Gasteiger partial charge in [0.25, 0.3) is 0 Å². The molecule has 1 aliphatic carbocycles. The fourth-order valence-corrected chi connectivity index (χ4v) is 8.54. The Hall–Kier alpha value is -5.22. The van der Waals surface area contributed by atoms with Gasteiger partial charge in [-0.15, -0.1) is 0 Å². The van der Waals surface area contributed by atoms with Crippen LogP contribution in [0.15, 0.2) is 72.8 Å². The van der Waals surface area contributed by atoms with Crippen molar-refractivity contribution in [1.29, 1.82) is 0 Å². The number of nitrogens with zero attached hydrogens (tertiary/aromatic N) is 4. The van der Waals surface area contributed by atoms with E-state index in [4.69, 9.17) is 28.4 Å². The van der Waals surface area contributed by atoms with Crippen molar-refractivity contribution < 1.29 is 48.2 Å². The van der Waals surface area contributed by atoms with Gasteiger partial charge in [-0.25, -0.2) is 9.59 Å². The minimum Gasteiger partial charge on any atom is -0.507 e. The van der Waals surface area contributed by atoms with Gasteiger partial charge in [-0.1, -0.05) is 60.7 Å².